The second-order valence-corrected chi connectivity index (χ2v) is 25.3. The third-order valence-electron chi connectivity index (χ3n) is 20.7. The minimum Gasteiger partial charge on any atom is -1.00 e. The summed E-state index contributed by atoms with van der Waals surface area (Å²) in [6.45, 7) is 10.0. The van der Waals surface area contributed by atoms with E-state index in [4.69, 9.17) is 14.2 Å². The van der Waals surface area contributed by atoms with Gasteiger partial charge in [-0.1, -0.05) is 56.7 Å². The lowest BCUT2D eigenvalue weighted by Crippen LogP contribution is -3.00. The summed E-state index contributed by atoms with van der Waals surface area (Å²) in [6.07, 6.45) is 22.2. The molecule has 11 atom stereocenters. The van der Waals surface area contributed by atoms with E-state index in [2.05, 4.69) is 77.0 Å². The lowest BCUT2D eigenvalue weighted by Gasteiger charge is -2.60. The van der Waals surface area contributed by atoms with Gasteiger partial charge in [0, 0.05) is 87.5 Å². The number of likely N-dealkylation sites (N-methyl/N-ethyl adjacent to an activating group) is 3. The summed E-state index contributed by atoms with van der Waals surface area (Å²) in [6, 6.07) is 20.0. The zero-order valence-electron chi connectivity index (χ0n) is 47.3. The summed E-state index contributed by atoms with van der Waals surface area (Å²) in [4.78, 5) is 46.6. The maximum Gasteiger partial charge on any atom is 0.308 e. The molecule has 3 saturated carbocycles. The Bertz CT molecular complexity index is 2660. The fraction of sp³-hybridized carbons (Fsp3) is 0.645. The predicted molar refractivity (Wildman–Crippen MR) is 295 cm³/mol. The first-order valence-corrected chi connectivity index (χ1v) is 29.7. The van der Waals surface area contributed by atoms with E-state index in [9.17, 15) is 29.4 Å². The van der Waals surface area contributed by atoms with Gasteiger partial charge in [-0.05, 0) is 157 Å². The van der Waals surface area contributed by atoms with Gasteiger partial charge >= 0.3 is 23.9 Å². The van der Waals surface area contributed by atoms with Crippen LogP contribution in [0.5, 0.6) is 17.2 Å². The number of ether oxygens (including phenoxy) is 4. The molecule has 13 nitrogen and oxygen atoms in total. The van der Waals surface area contributed by atoms with Crippen LogP contribution in [0.15, 0.2) is 54.6 Å². The molecule has 6 aliphatic carbocycles. The van der Waals surface area contributed by atoms with Crippen molar-refractivity contribution in [2.75, 3.05) is 59.8 Å². The number of hydrogen-bond donors (Lipinski definition) is 2. The number of carbonyl (C=O) groups excluding carboxylic acids is 4. The SMILES string of the molecule is CC(=O)OCBr.CC(=O)OC[N+]1(C)CC[C@]23CCCC[C@H]2[C@H]1Cc1ccc(O)cc13.CC(=O)OC[N+]1(C)CC[C@]23CCCC[C@H]2[C@H]1Cc1ccc(OC(C)=O)cc13.CN1CC[C@]23CCCC[C@H]2[C@H]1Cc1ccc(O)cc13.[Cl-].[Cl-]. The Labute approximate surface area is 484 Å². The molecule has 3 saturated heterocycles. The highest BCUT2D eigenvalue weighted by Crippen LogP contribution is 2.60. The van der Waals surface area contributed by atoms with Crippen molar-refractivity contribution in [3.63, 3.8) is 0 Å². The van der Waals surface area contributed by atoms with E-state index in [0.29, 0.717) is 65.6 Å². The van der Waals surface area contributed by atoms with E-state index in [1.807, 2.05) is 24.3 Å². The van der Waals surface area contributed by atoms with Crippen molar-refractivity contribution in [3.05, 3.63) is 88.0 Å². The van der Waals surface area contributed by atoms with Gasteiger partial charge in [-0.2, -0.15) is 0 Å². The molecule has 78 heavy (non-hydrogen) atoms. The average molecular weight is 1180 g/mol. The van der Waals surface area contributed by atoms with Crippen molar-refractivity contribution in [2.45, 2.75) is 178 Å². The lowest BCUT2D eigenvalue weighted by molar-refractivity contribution is -0.959. The monoisotopic (exact) mass is 1180 g/mol. The second kappa shape index (κ2) is 25.1. The maximum atomic E-state index is 11.4. The summed E-state index contributed by atoms with van der Waals surface area (Å²) in [7, 11) is 6.82. The number of phenolic OH excluding ortho intramolecular Hbond substituents is 2. The Morgan fingerprint density at radius 2 is 0.987 bits per heavy atom. The van der Waals surface area contributed by atoms with Crippen molar-refractivity contribution in [1.82, 2.24) is 4.90 Å². The van der Waals surface area contributed by atoms with Crippen LogP contribution in [0.1, 0.15) is 157 Å². The molecule has 9 aliphatic rings. The molecule has 6 fully saturated rings. The van der Waals surface area contributed by atoms with Crippen molar-refractivity contribution < 1.29 is 82.1 Å². The number of piperidine rings is 3. The topological polar surface area (TPSA) is 149 Å². The van der Waals surface area contributed by atoms with E-state index in [-0.39, 0.29) is 59.5 Å². The van der Waals surface area contributed by atoms with Gasteiger partial charge in [0.05, 0.1) is 39.3 Å². The number of benzene rings is 3. The molecule has 0 radical (unpaired) electrons. The van der Waals surface area contributed by atoms with Crippen LogP contribution < -0.4 is 29.6 Å². The van der Waals surface area contributed by atoms with Crippen LogP contribution in [0.3, 0.4) is 0 Å². The highest BCUT2D eigenvalue weighted by atomic mass is 79.9. The summed E-state index contributed by atoms with van der Waals surface area (Å²) in [5.41, 5.74) is 9.63. The summed E-state index contributed by atoms with van der Waals surface area (Å²) in [5.74, 6) is 2.66. The van der Waals surface area contributed by atoms with E-state index < -0.39 is 0 Å². The molecule has 3 aromatic carbocycles. The number of fused-ring (bicyclic) bond motifs is 3. The summed E-state index contributed by atoms with van der Waals surface area (Å²) >= 11 is 2.91. The van der Waals surface area contributed by atoms with Gasteiger partial charge in [0.25, 0.3) is 0 Å². The molecule has 2 unspecified atom stereocenters. The number of esters is 4. The zero-order valence-corrected chi connectivity index (χ0v) is 50.4. The van der Waals surface area contributed by atoms with Gasteiger partial charge in [0.1, 0.15) is 22.8 Å². The highest BCUT2D eigenvalue weighted by molar-refractivity contribution is 9.09. The number of nitrogens with zero attached hydrogens (tertiary/aromatic N) is 3. The van der Waals surface area contributed by atoms with E-state index in [0.717, 1.165) is 59.7 Å². The first-order chi connectivity index (χ1) is 36.3. The number of alkyl halides is 1. The minimum atomic E-state index is -0.268. The molecule has 12 rings (SSSR count). The maximum absolute atomic E-state index is 11.4. The molecule has 3 heterocycles. The smallest absolute Gasteiger partial charge is 0.308 e. The van der Waals surface area contributed by atoms with Gasteiger partial charge in [-0.25, -0.2) is 0 Å². The molecule has 3 aromatic rings. The van der Waals surface area contributed by atoms with Gasteiger partial charge in [-0.15, -0.1) is 0 Å². The first kappa shape index (κ1) is 61.7. The summed E-state index contributed by atoms with van der Waals surface area (Å²) < 4.78 is 22.3. The third-order valence-corrected chi connectivity index (χ3v) is 20.9. The number of halogens is 3. The Morgan fingerprint density at radius 3 is 1.42 bits per heavy atom. The second-order valence-electron chi connectivity index (χ2n) is 24.8. The molecule has 6 bridgehead atoms. The highest BCUT2D eigenvalue weighted by Gasteiger charge is 2.61. The minimum absolute atomic E-state index is 0. The van der Waals surface area contributed by atoms with Crippen LogP contribution in [0.2, 0.25) is 0 Å². The van der Waals surface area contributed by atoms with Crippen molar-refractivity contribution in [1.29, 1.82) is 0 Å². The Balaban J connectivity index is 0.000000161. The third kappa shape index (κ3) is 12.0. The average Bonchev–Trinajstić information content (AvgIpc) is 3.60. The quantitative estimate of drug-likeness (QED) is 0.119. The van der Waals surface area contributed by atoms with E-state index in [1.54, 1.807) is 0 Å². The van der Waals surface area contributed by atoms with Crippen molar-refractivity contribution in [2.24, 2.45) is 17.8 Å². The Kier molecular flexibility index (Phi) is 19.8. The Morgan fingerprint density at radius 1 is 0.564 bits per heavy atom. The fourth-order valence-electron chi connectivity index (χ4n) is 17.2. The van der Waals surface area contributed by atoms with Crippen molar-refractivity contribution in [3.8, 4) is 17.2 Å². The molecular formula is C62H86BrCl2N3O10. The number of aromatic hydroxyl groups is 2. The molecule has 0 spiro atoms. The van der Waals surface area contributed by atoms with Crippen LogP contribution >= 0.6 is 15.9 Å². The molecule has 0 amide bonds. The lowest BCUT2D eigenvalue weighted by atomic mass is 9.52. The fourth-order valence-corrected chi connectivity index (χ4v) is 17.5. The van der Waals surface area contributed by atoms with Gasteiger partial charge in [-0.3, -0.25) is 28.1 Å². The molecule has 2 N–H and O–H groups in total. The van der Waals surface area contributed by atoms with Crippen molar-refractivity contribution >= 4 is 39.8 Å². The van der Waals surface area contributed by atoms with Gasteiger partial charge in [0.2, 0.25) is 13.5 Å². The normalized spacial score (nSPS) is 33.0. The van der Waals surface area contributed by atoms with Gasteiger partial charge in [0.15, 0.2) is 0 Å². The number of quaternary nitrogens is 2. The van der Waals surface area contributed by atoms with E-state index >= 15 is 0 Å². The van der Waals surface area contributed by atoms with Crippen LogP contribution in [-0.4, -0.2) is 126 Å². The number of phenols is 2. The predicted octanol–water partition coefficient (Wildman–Crippen LogP) is 4.44. The standard InChI is InChI=1S/C22H30NO4.C20H27NO3.C17H23NO.C3H5BrO2.2ClH/c1-15(24)26-14-23(3)11-10-22-9-5-4-6-19(22)21(23)12-17-7-8-18(13-20(17)22)27-16(2)25;1-14(22)24-13-21(2)10-9-20-8-4-3-5-17(20)19(21)11-15-6-7-16(23)12-18(15)20;1-18-9-8-17-7-3-2-4-14(17)16(18)10-12-5-6-13(19)11-15(12)17;1-3(5)6-2-4;;/h7-8,13,19,21H,4-6,9-12,14H2,1-3H3;6-7,12,17,19H,3-5,8-11,13H2,1-2H3;5-6,11,14,16,19H,2-4,7-10H2,1H3;2H2,1H3;2*1H/q+1;;;;;/p-1/t19-,21+,22+,23?;17-,19+,20+,21?;14-,16+,17+;;;/m000.../s1. The molecular weight excluding hydrogens is 1100 g/mol. The number of rotatable bonds is 6. The number of hydrogen-bond acceptors (Lipinski definition) is 11. The van der Waals surface area contributed by atoms with E-state index in [1.165, 1.54) is 158 Å². The molecule has 3 aliphatic heterocycles. The Hall–Kier alpha value is -3.92. The molecule has 0 aromatic heterocycles. The number of likely N-dealkylation sites (tertiary alicyclic amines) is 3. The first-order valence-electron chi connectivity index (χ1n) is 28.6. The van der Waals surface area contributed by atoms with Crippen LogP contribution in [0.4, 0.5) is 0 Å². The van der Waals surface area contributed by atoms with Gasteiger partial charge < -0.3 is 58.9 Å². The summed E-state index contributed by atoms with van der Waals surface area (Å²) in [5, 5.41) is 20.0. The largest absolute Gasteiger partial charge is 1.00 e. The number of carbonyl (C=O) groups is 4. The van der Waals surface area contributed by atoms with Crippen LogP contribution in [-0.2, 0) is 68.9 Å². The molecule has 430 valence electrons. The van der Waals surface area contributed by atoms with Crippen LogP contribution in [0.25, 0.3) is 0 Å². The van der Waals surface area contributed by atoms with Crippen LogP contribution in [0, 0.1) is 17.8 Å². The molecule has 16 heteroatoms. The zero-order chi connectivity index (χ0) is 54.2.